The number of allylic oxidation sites excluding steroid dienone is 9. The summed E-state index contributed by atoms with van der Waals surface area (Å²) in [5.74, 6) is 2.02. The lowest BCUT2D eigenvalue weighted by Gasteiger charge is -2.11. The Kier molecular flexibility index (Phi) is 6.66. The van der Waals surface area contributed by atoms with E-state index >= 15 is 0 Å². The fourth-order valence-corrected chi connectivity index (χ4v) is 3.62. The van der Waals surface area contributed by atoms with Gasteiger partial charge < -0.3 is 0 Å². The molecule has 0 N–H and O–H groups in total. The van der Waals surface area contributed by atoms with Gasteiger partial charge in [0.05, 0.1) is 0 Å². The molecule has 1 heterocycles. The van der Waals surface area contributed by atoms with Crippen LogP contribution in [0.3, 0.4) is 0 Å². The van der Waals surface area contributed by atoms with Gasteiger partial charge in [0.1, 0.15) is 0 Å². The largest absolute Gasteiger partial charge is 0.208 e. The number of nitrogens with zero attached hydrogens (tertiary/aromatic N) is 3. The first kappa shape index (κ1) is 21.4. The van der Waals surface area contributed by atoms with Gasteiger partial charge in [-0.2, -0.15) is 0 Å². The molecule has 1 aromatic heterocycles. The van der Waals surface area contributed by atoms with Crippen molar-refractivity contribution < 1.29 is 0 Å². The Labute approximate surface area is 190 Å². The number of hydrogen-bond acceptors (Lipinski definition) is 3. The van der Waals surface area contributed by atoms with Crippen molar-refractivity contribution >= 4 is 11.1 Å². The zero-order chi connectivity index (χ0) is 22.3. The predicted octanol–water partition coefficient (Wildman–Crippen LogP) is 7.47. The summed E-state index contributed by atoms with van der Waals surface area (Å²) in [6, 6.07) is 18.7. The number of benzene rings is 2. The SMILES string of the molecule is C=C(C)/C=C(\C=C/C)c1nc(C2=CCCC=C2)nc(-c2ccc(-c3ccccc3)cc2)n1. The van der Waals surface area contributed by atoms with Gasteiger partial charge in [0.15, 0.2) is 17.5 Å². The smallest absolute Gasteiger partial charge is 0.164 e. The first-order valence-electron chi connectivity index (χ1n) is 10.9. The molecule has 0 bridgehead atoms. The van der Waals surface area contributed by atoms with Crippen molar-refractivity contribution in [2.75, 3.05) is 0 Å². The molecule has 0 unspecified atom stereocenters. The van der Waals surface area contributed by atoms with E-state index in [1.165, 1.54) is 11.1 Å². The van der Waals surface area contributed by atoms with E-state index < -0.39 is 0 Å². The van der Waals surface area contributed by atoms with Crippen LogP contribution < -0.4 is 0 Å². The molecule has 158 valence electrons. The standard InChI is InChI=1S/C29H27N3/c1-4-11-26(20-21(2)3)29-31-27(24-14-9-6-10-15-24)30-28(32-29)25-18-16-23(17-19-25)22-12-7-5-8-13-22/h4-5,7-9,11-20H,2,6,10H2,1,3H3/b11-4-,26-20+. The van der Waals surface area contributed by atoms with Crippen LogP contribution in [0.4, 0.5) is 0 Å². The number of rotatable bonds is 6. The van der Waals surface area contributed by atoms with Gasteiger partial charge >= 0.3 is 0 Å². The maximum absolute atomic E-state index is 4.84. The molecule has 0 saturated carbocycles. The van der Waals surface area contributed by atoms with E-state index in [9.17, 15) is 0 Å². The third-order valence-corrected chi connectivity index (χ3v) is 5.15. The lowest BCUT2D eigenvalue weighted by molar-refractivity contribution is 0.985. The van der Waals surface area contributed by atoms with Gasteiger partial charge in [0, 0.05) is 16.7 Å². The lowest BCUT2D eigenvalue weighted by Crippen LogP contribution is -2.05. The second-order valence-electron chi connectivity index (χ2n) is 7.83. The van der Waals surface area contributed by atoms with Gasteiger partial charge in [0.25, 0.3) is 0 Å². The quantitative estimate of drug-likeness (QED) is 0.390. The highest BCUT2D eigenvalue weighted by molar-refractivity contribution is 5.76. The van der Waals surface area contributed by atoms with Gasteiger partial charge in [-0.3, -0.25) is 0 Å². The van der Waals surface area contributed by atoms with E-state index in [2.05, 4.69) is 73.3 Å². The van der Waals surface area contributed by atoms with Crippen LogP contribution in [0.25, 0.3) is 33.7 Å². The molecule has 1 aliphatic rings. The third-order valence-electron chi connectivity index (χ3n) is 5.15. The minimum absolute atomic E-state index is 0.651. The van der Waals surface area contributed by atoms with Gasteiger partial charge in [-0.25, -0.2) is 15.0 Å². The molecule has 2 aromatic carbocycles. The summed E-state index contributed by atoms with van der Waals surface area (Å²) >= 11 is 0. The van der Waals surface area contributed by atoms with Crippen LogP contribution in [-0.2, 0) is 0 Å². The molecule has 3 nitrogen and oxygen atoms in total. The zero-order valence-electron chi connectivity index (χ0n) is 18.6. The molecule has 1 aliphatic carbocycles. The van der Waals surface area contributed by atoms with E-state index in [-0.39, 0.29) is 0 Å². The number of hydrogen-bond donors (Lipinski definition) is 0. The maximum Gasteiger partial charge on any atom is 0.164 e. The minimum atomic E-state index is 0.651. The van der Waals surface area contributed by atoms with Gasteiger partial charge in [-0.15, -0.1) is 0 Å². The molecule has 4 rings (SSSR count). The van der Waals surface area contributed by atoms with Crippen LogP contribution in [0.5, 0.6) is 0 Å². The van der Waals surface area contributed by atoms with Crippen molar-refractivity contribution in [3.63, 3.8) is 0 Å². The summed E-state index contributed by atoms with van der Waals surface area (Å²) in [4.78, 5) is 14.5. The van der Waals surface area contributed by atoms with Crippen molar-refractivity contribution in [3.8, 4) is 22.5 Å². The van der Waals surface area contributed by atoms with Crippen LogP contribution >= 0.6 is 0 Å². The highest BCUT2D eigenvalue weighted by Gasteiger charge is 2.14. The van der Waals surface area contributed by atoms with Crippen molar-refractivity contribution in [2.45, 2.75) is 26.7 Å². The van der Waals surface area contributed by atoms with Crippen LogP contribution in [0.2, 0.25) is 0 Å². The van der Waals surface area contributed by atoms with Crippen LogP contribution in [0, 0.1) is 0 Å². The summed E-state index contributed by atoms with van der Waals surface area (Å²) in [5, 5.41) is 0. The molecule has 0 spiro atoms. The Morgan fingerprint density at radius 1 is 0.844 bits per heavy atom. The molecular weight excluding hydrogens is 390 g/mol. The minimum Gasteiger partial charge on any atom is -0.208 e. The topological polar surface area (TPSA) is 38.7 Å². The Bertz CT molecular complexity index is 1230. The Hall–Kier alpha value is -3.85. The van der Waals surface area contributed by atoms with Crippen LogP contribution in [-0.4, -0.2) is 15.0 Å². The molecule has 3 heteroatoms. The number of aromatic nitrogens is 3. The van der Waals surface area contributed by atoms with Crippen molar-refractivity contribution in [2.24, 2.45) is 0 Å². The van der Waals surface area contributed by atoms with Crippen molar-refractivity contribution in [1.82, 2.24) is 15.0 Å². The fraction of sp³-hybridized carbons (Fsp3) is 0.138. The molecule has 0 atom stereocenters. The van der Waals surface area contributed by atoms with Gasteiger partial charge in [-0.05, 0) is 43.9 Å². The highest BCUT2D eigenvalue weighted by atomic mass is 15.0. The summed E-state index contributed by atoms with van der Waals surface area (Å²) in [6.45, 7) is 7.99. The molecule has 3 aromatic rings. The summed E-state index contributed by atoms with van der Waals surface area (Å²) in [6.07, 6.45) is 14.5. The van der Waals surface area contributed by atoms with E-state index in [0.29, 0.717) is 17.5 Å². The maximum atomic E-state index is 4.84. The highest BCUT2D eigenvalue weighted by Crippen LogP contribution is 2.26. The zero-order valence-corrected chi connectivity index (χ0v) is 18.6. The average molecular weight is 418 g/mol. The molecule has 32 heavy (non-hydrogen) atoms. The Balaban J connectivity index is 1.81. The monoisotopic (exact) mass is 417 g/mol. The molecular formula is C29H27N3. The van der Waals surface area contributed by atoms with E-state index in [0.717, 1.165) is 35.1 Å². The lowest BCUT2D eigenvalue weighted by atomic mass is 10.0. The second kappa shape index (κ2) is 9.97. The predicted molar refractivity (Wildman–Crippen MR) is 135 cm³/mol. The van der Waals surface area contributed by atoms with Crippen molar-refractivity contribution in [3.05, 3.63) is 115 Å². The molecule has 0 saturated heterocycles. The Morgan fingerprint density at radius 2 is 1.53 bits per heavy atom. The normalized spacial score (nSPS) is 13.9. The van der Waals surface area contributed by atoms with Crippen molar-refractivity contribution in [1.29, 1.82) is 0 Å². The van der Waals surface area contributed by atoms with Crippen LogP contribution in [0.1, 0.15) is 38.3 Å². The van der Waals surface area contributed by atoms with Gasteiger partial charge in [-0.1, -0.05) is 97.1 Å². The second-order valence-corrected chi connectivity index (χ2v) is 7.83. The van der Waals surface area contributed by atoms with E-state index in [1.54, 1.807) is 0 Å². The van der Waals surface area contributed by atoms with Crippen LogP contribution in [0.15, 0.2) is 103 Å². The molecule has 0 amide bonds. The molecule has 0 aliphatic heterocycles. The molecule has 0 radical (unpaired) electrons. The fourth-order valence-electron chi connectivity index (χ4n) is 3.62. The van der Waals surface area contributed by atoms with Gasteiger partial charge in [0.2, 0.25) is 0 Å². The summed E-state index contributed by atoms with van der Waals surface area (Å²) < 4.78 is 0. The summed E-state index contributed by atoms with van der Waals surface area (Å²) in [7, 11) is 0. The Morgan fingerprint density at radius 3 is 2.19 bits per heavy atom. The molecule has 0 fully saturated rings. The average Bonchev–Trinajstić information content (AvgIpc) is 2.84. The first-order chi connectivity index (χ1) is 15.6. The van der Waals surface area contributed by atoms with E-state index in [1.807, 2.05) is 38.1 Å². The first-order valence-corrected chi connectivity index (χ1v) is 10.9. The third kappa shape index (κ3) is 5.06. The summed E-state index contributed by atoms with van der Waals surface area (Å²) in [5.41, 5.74) is 6.23. The van der Waals surface area contributed by atoms with E-state index in [4.69, 9.17) is 15.0 Å².